The number of ether oxygens (including phenoxy) is 2. The van der Waals surface area contributed by atoms with Crippen LogP contribution in [0.5, 0.6) is 0 Å². The van der Waals surface area contributed by atoms with Crippen LogP contribution in [-0.2, 0) is 23.9 Å². The highest BCUT2D eigenvalue weighted by atomic mass is 16.5. The van der Waals surface area contributed by atoms with Gasteiger partial charge in [-0.25, -0.2) is 0 Å². The van der Waals surface area contributed by atoms with Gasteiger partial charge in [0.2, 0.25) is 5.78 Å². The first-order valence-electron chi connectivity index (χ1n) is 10.1. The third-order valence-electron chi connectivity index (χ3n) is 8.37. The average Bonchev–Trinajstić information content (AvgIpc) is 2.82. The second kappa shape index (κ2) is 5.15. The van der Waals surface area contributed by atoms with Crippen molar-refractivity contribution in [2.45, 2.75) is 58.7 Å². The first-order valence-corrected chi connectivity index (χ1v) is 10.1. The van der Waals surface area contributed by atoms with E-state index in [-0.39, 0.29) is 48.3 Å². The number of ketones is 2. The predicted molar refractivity (Wildman–Crippen MR) is 98.2 cm³/mol. The minimum atomic E-state index is -1.13. The van der Waals surface area contributed by atoms with Crippen LogP contribution in [0.4, 0.5) is 0 Å². The number of aliphatic hydroxyl groups excluding tert-OH is 1. The van der Waals surface area contributed by atoms with Gasteiger partial charge in [0, 0.05) is 18.8 Å². The van der Waals surface area contributed by atoms with Gasteiger partial charge in [-0.3, -0.25) is 14.4 Å². The zero-order chi connectivity index (χ0) is 20.2. The molecule has 0 aromatic carbocycles. The van der Waals surface area contributed by atoms with Crippen molar-refractivity contribution in [1.29, 1.82) is 0 Å². The fourth-order valence-corrected chi connectivity index (χ4v) is 7.28. The van der Waals surface area contributed by atoms with Crippen LogP contribution < -0.4 is 0 Å². The van der Waals surface area contributed by atoms with Crippen molar-refractivity contribution >= 4 is 17.5 Å². The molecule has 150 valence electrons. The fraction of sp³-hybridized carbons (Fsp3) is 0.682. The summed E-state index contributed by atoms with van der Waals surface area (Å²) >= 11 is 0. The molecule has 6 rings (SSSR count). The third kappa shape index (κ3) is 1.73. The number of hydrogen-bond donors (Lipinski definition) is 1. The van der Waals surface area contributed by atoms with Crippen LogP contribution in [0, 0.1) is 28.1 Å². The Labute approximate surface area is 164 Å². The van der Waals surface area contributed by atoms with Crippen LogP contribution >= 0.6 is 0 Å². The molecular formula is C22H26O6. The summed E-state index contributed by atoms with van der Waals surface area (Å²) in [5.41, 5.74) is -1.47. The van der Waals surface area contributed by atoms with Crippen molar-refractivity contribution in [3.8, 4) is 0 Å². The van der Waals surface area contributed by atoms with Crippen molar-refractivity contribution < 1.29 is 29.0 Å². The van der Waals surface area contributed by atoms with Crippen molar-refractivity contribution in [2.75, 3.05) is 6.61 Å². The van der Waals surface area contributed by atoms with Gasteiger partial charge in [-0.2, -0.15) is 0 Å². The maximum atomic E-state index is 13.7. The fourth-order valence-electron chi connectivity index (χ4n) is 7.28. The van der Waals surface area contributed by atoms with Gasteiger partial charge in [0.05, 0.1) is 23.5 Å². The summed E-state index contributed by atoms with van der Waals surface area (Å²) in [4.78, 5) is 39.0. The van der Waals surface area contributed by atoms with E-state index in [1.54, 1.807) is 0 Å². The molecule has 6 heteroatoms. The topological polar surface area (TPSA) is 89.9 Å². The number of Topliss-reactive ketones (excluding diaryl/α,β-unsaturated/α-hetero) is 2. The number of fused-ring (bicyclic) bond motifs is 3. The summed E-state index contributed by atoms with van der Waals surface area (Å²) in [6.45, 7) is 9.53. The molecule has 2 saturated heterocycles. The Kier molecular flexibility index (Phi) is 3.33. The Morgan fingerprint density at radius 2 is 2.00 bits per heavy atom. The Bertz CT molecular complexity index is 881. The minimum Gasteiger partial charge on any atom is -0.504 e. The molecule has 0 aromatic rings. The molecule has 4 bridgehead atoms. The second-order valence-corrected chi connectivity index (χ2v) is 9.81. The lowest BCUT2D eigenvalue weighted by atomic mass is 9.41. The molecule has 6 nitrogen and oxygen atoms in total. The normalized spacial score (nSPS) is 45.8. The summed E-state index contributed by atoms with van der Waals surface area (Å²) in [6, 6.07) is 0. The van der Waals surface area contributed by atoms with E-state index in [0.717, 1.165) is 12.0 Å². The molecule has 2 heterocycles. The van der Waals surface area contributed by atoms with E-state index in [1.807, 2.05) is 13.8 Å². The number of carbonyl (C=O) groups is 3. The van der Waals surface area contributed by atoms with Gasteiger partial charge in [-0.15, -0.1) is 0 Å². The standard InChI is InChI=1S/C22H26O6/c1-10-12-5-6-13-21(8-12,19(10)28-11(2)23)18(26)16(25)17-20(3,4)15-7-14(24)22(13,17)9-27-15/h12-13,15,19,25H,1,5-9H2,2-4H3/t12-,13-,15?,19-,21-,22-/m1/s1. The third-order valence-corrected chi connectivity index (χ3v) is 8.37. The maximum absolute atomic E-state index is 13.7. The summed E-state index contributed by atoms with van der Waals surface area (Å²) < 4.78 is 11.7. The number of rotatable bonds is 1. The van der Waals surface area contributed by atoms with Crippen molar-refractivity contribution in [1.82, 2.24) is 0 Å². The molecule has 2 aliphatic heterocycles. The number of aliphatic hydroxyl groups is 1. The molecule has 1 unspecified atom stereocenters. The molecule has 4 aliphatic carbocycles. The van der Waals surface area contributed by atoms with Crippen LogP contribution in [0.15, 0.2) is 23.5 Å². The zero-order valence-electron chi connectivity index (χ0n) is 16.5. The maximum Gasteiger partial charge on any atom is 0.303 e. The summed E-state index contributed by atoms with van der Waals surface area (Å²) in [5.74, 6) is -1.44. The molecule has 1 N–H and O–H groups in total. The van der Waals surface area contributed by atoms with Crippen molar-refractivity contribution in [3.63, 3.8) is 0 Å². The lowest BCUT2D eigenvalue weighted by molar-refractivity contribution is -0.201. The van der Waals surface area contributed by atoms with Gasteiger partial charge >= 0.3 is 5.97 Å². The molecule has 3 saturated carbocycles. The lowest BCUT2D eigenvalue weighted by Gasteiger charge is -2.63. The Morgan fingerprint density at radius 1 is 1.29 bits per heavy atom. The first-order chi connectivity index (χ1) is 13.1. The van der Waals surface area contributed by atoms with Crippen LogP contribution in [0.2, 0.25) is 0 Å². The van der Waals surface area contributed by atoms with E-state index in [2.05, 4.69) is 6.58 Å². The highest BCUT2D eigenvalue weighted by Crippen LogP contribution is 2.71. The average molecular weight is 386 g/mol. The molecule has 0 radical (unpaired) electrons. The Balaban J connectivity index is 1.80. The summed E-state index contributed by atoms with van der Waals surface area (Å²) in [5, 5.41) is 11.2. The van der Waals surface area contributed by atoms with Crippen LogP contribution in [-0.4, -0.2) is 41.5 Å². The number of hydrogen-bond acceptors (Lipinski definition) is 6. The van der Waals surface area contributed by atoms with E-state index < -0.39 is 28.3 Å². The van der Waals surface area contributed by atoms with Gasteiger partial charge in [0.25, 0.3) is 0 Å². The molecule has 2 spiro atoms. The number of carbonyl (C=O) groups excluding carboxylic acids is 3. The van der Waals surface area contributed by atoms with E-state index in [4.69, 9.17) is 9.47 Å². The molecule has 0 aromatic heterocycles. The Morgan fingerprint density at radius 3 is 2.64 bits per heavy atom. The smallest absolute Gasteiger partial charge is 0.303 e. The molecular weight excluding hydrogens is 360 g/mol. The van der Waals surface area contributed by atoms with Crippen LogP contribution in [0.1, 0.15) is 46.5 Å². The van der Waals surface area contributed by atoms with Crippen LogP contribution in [0.25, 0.3) is 0 Å². The minimum absolute atomic E-state index is 0.0408. The van der Waals surface area contributed by atoms with Gasteiger partial charge in [0.1, 0.15) is 11.9 Å². The van der Waals surface area contributed by atoms with Gasteiger partial charge in [-0.05, 0) is 42.2 Å². The molecule has 5 fully saturated rings. The molecule has 0 amide bonds. The lowest BCUT2D eigenvalue weighted by Crippen LogP contribution is -2.70. The number of allylic oxidation sites excluding steroid dienone is 1. The van der Waals surface area contributed by atoms with Gasteiger partial charge in [0.15, 0.2) is 5.76 Å². The highest BCUT2D eigenvalue weighted by Gasteiger charge is 2.76. The van der Waals surface area contributed by atoms with Gasteiger partial charge in [-0.1, -0.05) is 20.4 Å². The Hall–Kier alpha value is -1.95. The van der Waals surface area contributed by atoms with E-state index in [1.165, 1.54) is 6.92 Å². The van der Waals surface area contributed by atoms with Crippen LogP contribution in [0.3, 0.4) is 0 Å². The largest absolute Gasteiger partial charge is 0.504 e. The molecule has 28 heavy (non-hydrogen) atoms. The second-order valence-electron chi connectivity index (χ2n) is 9.81. The summed E-state index contributed by atoms with van der Waals surface area (Å²) in [6.07, 6.45) is 1.06. The van der Waals surface area contributed by atoms with E-state index in [9.17, 15) is 19.5 Å². The van der Waals surface area contributed by atoms with Crippen molar-refractivity contribution in [2.24, 2.45) is 28.1 Å². The van der Waals surface area contributed by atoms with E-state index in [0.29, 0.717) is 18.4 Å². The SMILES string of the molecule is C=C1[C@@H]2CC[C@H]3[C@]45COC(CC4=O)C(C)(C)C5=C(O)C(=O)[C@]3(C2)[C@@H]1OC(C)=O. The van der Waals surface area contributed by atoms with Gasteiger partial charge < -0.3 is 14.6 Å². The van der Waals surface area contributed by atoms with Crippen molar-refractivity contribution in [3.05, 3.63) is 23.5 Å². The van der Waals surface area contributed by atoms with E-state index >= 15 is 0 Å². The predicted octanol–water partition coefficient (Wildman–Crippen LogP) is 2.67. The monoisotopic (exact) mass is 386 g/mol. The molecule has 6 aliphatic rings. The quantitative estimate of drug-likeness (QED) is 0.550. The molecule has 6 atom stereocenters. The first kappa shape index (κ1) is 18.1. The highest BCUT2D eigenvalue weighted by molar-refractivity contribution is 6.06. The summed E-state index contributed by atoms with van der Waals surface area (Å²) in [7, 11) is 0. The number of esters is 1. The zero-order valence-corrected chi connectivity index (χ0v) is 16.5.